The minimum Gasteiger partial charge on any atom is -0.496 e. The molecule has 1 saturated heterocycles. The lowest BCUT2D eigenvalue weighted by Gasteiger charge is -2.27. The van der Waals surface area contributed by atoms with Gasteiger partial charge in [0.15, 0.2) is 0 Å². The van der Waals surface area contributed by atoms with Crippen LogP contribution in [0.2, 0.25) is 0 Å². The predicted octanol–water partition coefficient (Wildman–Crippen LogP) is 3.89. The highest BCUT2D eigenvalue weighted by Crippen LogP contribution is 2.38. The van der Waals surface area contributed by atoms with E-state index < -0.39 is 0 Å². The normalized spacial score (nSPS) is 20.4. The lowest BCUT2D eigenvalue weighted by atomic mass is 9.92. The second-order valence-corrected chi connectivity index (χ2v) is 5.60. The third kappa shape index (κ3) is 2.50. The molecule has 1 aromatic rings. The summed E-state index contributed by atoms with van der Waals surface area (Å²) in [5, 5.41) is 3.60. The van der Waals surface area contributed by atoms with Gasteiger partial charge >= 0.3 is 0 Å². The summed E-state index contributed by atoms with van der Waals surface area (Å²) in [4.78, 5) is 0. The number of benzene rings is 1. The second-order valence-electron chi connectivity index (χ2n) is 4.75. The molecule has 0 radical (unpaired) electrons. The van der Waals surface area contributed by atoms with Crippen LogP contribution in [0.5, 0.6) is 5.75 Å². The molecule has 1 N–H and O–H groups in total. The molecule has 0 aliphatic carbocycles. The first-order valence-electron chi connectivity index (χ1n) is 6.22. The van der Waals surface area contributed by atoms with Crippen LogP contribution in [0.3, 0.4) is 0 Å². The van der Waals surface area contributed by atoms with Crippen LogP contribution in [0.1, 0.15) is 42.0 Å². The Kier molecular flexibility index (Phi) is 4.10. The molecule has 94 valence electrons. The summed E-state index contributed by atoms with van der Waals surface area (Å²) >= 11 is 3.70. The second kappa shape index (κ2) is 5.40. The number of nitrogens with one attached hydrogen (secondary N) is 1. The minimum atomic E-state index is 0.465. The van der Waals surface area contributed by atoms with Gasteiger partial charge in [0.25, 0.3) is 0 Å². The van der Waals surface area contributed by atoms with Crippen molar-refractivity contribution in [3.8, 4) is 5.75 Å². The van der Waals surface area contributed by atoms with Crippen molar-refractivity contribution in [1.82, 2.24) is 5.32 Å². The van der Waals surface area contributed by atoms with Gasteiger partial charge in [0, 0.05) is 10.5 Å². The van der Waals surface area contributed by atoms with Gasteiger partial charge in [-0.25, -0.2) is 0 Å². The number of hydrogen-bond donors (Lipinski definition) is 1. The maximum atomic E-state index is 5.51. The van der Waals surface area contributed by atoms with Crippen LogP contribution in [0.25, 0.3) is 0 Å². The zero-order valence-electron chi connectivity index (χ0n) is 10.8. The third-order valence-electron chi connectivity index (χ3n) is 3.57. The van der Waals surface area contributed by atoms with Gasteiger partial charge in [-0.2, -0.15) is 0 Å². The first kappa shape index (κ1) is 12.9. The Labute approximate surface area is 112 Å². The molecule has 0 saturated carbocycles. The van der Waals surface area contributed by atoms with Crippen molar-refractivity contribution >= 4 is 15.9 Å². The van der Waals surface area contributed by atoms with Crippen molar-refractivity contribution in [3.05, 3.63) is 27.2 Å². The third-order valence-corrected chi connectivity index (χ3v) is 4.22. The summed E-state index contributed by atoms with van der Waals surface area (Å²) in [5.41, 5.74) is 3.82. The Morgan fingerprint density at radius 2 is 2.12 bits per heavy atom. The molecule has 1 aliphatic heterocycles. The fourth-order valence-electron chi connectivity index (χ4n) is 2.77. The van der Waals surface area contributed by atoms with Gasteiger partial charge < -0.3 is 10.1 Å². The Balaban J connectivity index is 2.44. The average molecular weight is 298 g/mol. The maximum Gasteiger partial charge on any atom is 0.125 e. The molecule has 0 aromatic heterocycles. The van der Waals surface area contributed by atoms with Gasteiger partial charge in [0.05, 0.1) is 7.11 Å². The standard InChI is InChI=1S/C14H20BrNO/c1-9-8-11(15)13(10(2)14(9)17-3)12-6-4-5-7-16-12/h8,12,16H,4-7H2,1-3H3. The first-order valence-corrected chi connectivity index (χ1v) is 7.01. The van der Waals surface area contributed by atoms with Crippen molar-refractivity contribution in [2.45, 2.75) is 39.2 Å². The Morgan fingerprint density at radius 3 is 2.71 bits per heavy atom. The molecular weight excluding hydrogens is 278 g/mol. The molecule has 1 atom stereocenters. The van der Waals surface area contributed by atoms with Crippen LogP contribution in [-0.2, 0) is 0 Å². The van der Waals surface area contributed by atoms with Gasteiger partial charge in [-0.05, 0) is 56.0 Å². The van der Waals surface area contributed by atoms with E-state index >= 15 is 0 Å². The van der Waals surface area contributed by atoms with E-state index in [0.717, 1.165) is 12.3 Å². The van der Waals surface area contributed by atoms with Crippen molar-refractivity contribution in [3.63, 3.8) is 0 Å². The number of aryl methyl sites for hydroxylation is 1. The number of piperidine rings is 1. The molecule has 1 fully saturated rings. The molecule has 1 unspecified atom stereocenters. The molecule has 1 aromatic carbocycles. The average Bonchev–Trinajstić information content (AvgIpc) is 2.30. The van der Waals surface area contributed by atoms with Crippen LogP contribution < -0.4 is 10.1 Å². The summed E-state index contributed by atoms with van der Waals surface area (Å²) in [5.74, 6) is 1.02. The minimum absolute atomic E-state index is 0.465. The highest BCUT2D eigenvalue weighted by atomic mass is 79.9. The van der Waals surface area contributed by atoms with Gasteiger partial charge in [-0.1, -0.05) is 22.4 Å². The van der Waals surface area contributed by atoms with Gasteiger partial charge in [-0.15, -0.1) is 0 Å². The molecule has 17 heavy (non-hydrogen) atoms. The lowest BCUT2D eigenvalue weighted by molar-refractivity contribution is 0.393. The number of ether oxygens (including phenoxy) is 1. The van der Waals surface area contributed by atoms with Crippen molar-refractivity contribution < 1.29 is 4.74 Å². The maximum absolute atomic E-state index is 5.51. The van der Waals surface area contributed by atoms with E-state index in [1.807, 2.05) is 0 Å². The van der Waals surface area contributed by atoms with E-state index in [-0.39, 0.29) is 0 Å². The molecule has 0 bridgehead atoms. The summed E-state index contributed by atoms with van der Waals surface area (Å²) in [7, 11) is 1.75. The summed E-state index contributed by atoms with van der Waals surface area (Å²) in [6.07, 6.45) is 3.81. The zero-order valence-corrected chi connectivity index (χ0v) is 12.4. The SMILES string of the molecule is COc1c(C)cc(Br)c(C2CCCCN2)c1C. The molecule has 0 amide bonds. The summed E-state index contributed by atoms with van der Waals surface area (Å²) < 4.78 is 6.72. The molecule has 2 nitrogen and oxygen atoms in total. The number of halogens is 1. The van der Waals surface area contributed by atoms with Crippen LogP contribution in [0.15, 0.2) is 10.5 Å². The monoisotopic (exact) mass is 297 g/mol. The lowest BCUT2D eigenvalue weighted by Crippen LogP contribution is -2.27. The molecule has 0 spiro atoms. The van der Waals surface area contributed by atoms with E-state index in [4.69, 9.17) is 4.74 Å². The van der Waals surface area contributed by atoms with Gasteiger partial charge in [-0.3, -0.25) is 0 Å². The van der Waals surface area contributed by atoms with Crippen LogP contribution in [0.4, 0.5) is 0 Å². The van der Waals surface area contributed by atoms with Gasteiger partial charge in [0.1, 0.15) is 5.75 Å². The predicted molar refractivity (Wildman–Crippen MR) is 74.8 cm³/mol. The van der Waals surface area contributed by atoms with Gasteiger partial charge in [0.2, 0.25) is 0 Å². The van der Waals surface area contributed by atoms with Crippen LogP contribution in [0, 0.1) is 13.8 Å². The van der Waals surface area contributed by atoms with Crippen molar-refractivity contribution in [1.29, 1.82) is 0 Å². The van der Waals surface area contributed by atoms with Crippen molar-refractivity contribution in [2.75, 3.05) is 13.7 Å². The van der Waals surface area contributed by atoms with E-state index in [0.29, 0.717) is 6.04 Å². The molecular formula is C14H20BrNO. The molecule has 1 aliphatic rings. The highest BCUT2D eigenvalue weighted by molar-refractivity contribution is 9.10. The smallest absolute Gasteiger partial charge is 0.125 e. The fraction of sp³-hybridized carbons (Fsp3) is 0.571. The fourth-order valence-corrected chi connectivity index (χ4v) is 3.69. The van der Waals surface area contributed by atoms with Crippen LogP contribution in [-0.4, -0.2) is 13.7 Å². The largest absolute Gasteiger partial charge is 0.496 e. The van der Waals surface area contributed by atoms with E-state index in [1.165, 1.54) is 40.4 Å². The first-order chi connectivity index (χ1) is 8.15. The molecule has 3 heteroatoms. The topological polar surface area (TPSA) is 21.3 Å². The van der Waals surface area contributed by atoms with E-state index in [9.17, 15) is 0 Å². The summed E-state index contributed by atoms with van der Waals surface area (Å²) in [6.45, 7) is 5.36. The summed E-state index contributed by atoms with van der Waals surface area (Å²) in [6, 6.07) is 2.63. The zero-order chi connectivity index (χ0) is 12.4. The molecule has 1 heterocycles. The van der Waals surface area contributed by atoms with E-state index in [1.54, 1.807) is 7.11 Å². The molecule has 2 rings (SSSR count). The quantitative estimate of drug-likeness (QED) is 0.894. The Hall–Kier alpha value is -0.540. The van der Waals surface area contributed by atoms with E-state index in [2.05, 4.69) is 41.2 Å². The Bertz CT molecular complexity index is 411. The number of methoxy groups -OCH3 is 1. The number of hydrogen-bond acceptors (Lipinski definition) is 2. The highest BCUT2D eigenvalue weighted by Gasteiger charge is 2.22. The Morgan fingerprint density at radius 1 is 1.35 bits per heavy atom. The van der Waals surface area contributed by atoms with Crippen LogP contribution >= 0.6 is 15.9 Å². The van der Waals surface area contributed by atoms with Crippen molar-refractivity contribution in [2.24, 2.45) is 0 Å². The number of rotatable bonds is 2.